The summed E-state index contributed by atoms with van der Waals surface area (Å²) in [5.41, 5.74) is 0. The Morgan fingerprint density at radius 1 is 0.303 bits per heavy atom. The molecule has 0 aliphatic rings. The normalized spacial score (nSPS) is 12.4. The lowest BCUT2D eigenvalue weighted by Crippen LogP contribution is -2.30. The van der Waals surface area contributed by atoms with E-state index in [1.54, 1.807) is 0 Å². The summed E-state index contributed by atoms with van der Waals surface area (Å²) in [7, 11) is 0. The van der Waals surface area contributed by atoms with E-state index in [0.29, 0.717) is 19.3 Å². The first kappa shape index (κ1) is 64.4. The Labute approximate surface area is 412 Å². The Kier molecular flexibility index (Phi) is 53.0. The van der Waals surface area contributed by atoms with Crippen molar-refractivity contribution in [2.45, 2.75) is 348 Å². The van der Waals surface area contributed by atoms with E-state index in [1.165, 1.54) is 238 Å². The summed E-state index contributed by atoms with van der Waals surface area (Å²) in [5, 5.41) is 0. The second-order valence-corrected chi connectivity index (χ2v) is 20.9. The van der Waals surface area contributed by atoms with Crippen LogP contribution in [0, 0.1) is 5.92 Å². The molecule has 0 aromatic carbocycles. The van der Waals surface area contributed by atoms with Crippen LogP contribution < -0.4 is 0 Å². The van der Waals surface area contributed by atoms with E-state index in [-0.39, 0.29) is 31.1 Å². The van der Waals surface area contributed by atoms with Gasteiger partial charge in [-0.2, -0.15) is 0 Å². The number of hydrogen-bond acceptors (Lipinski definition) is 6. The van der Waals surface area contributed by atoms with Crippen LogP contribution in [-0.2, 0) is 28.6 Å². The maximum absolute atomic E-state index is 12.9. The molecule has 66 heavy (non-hydrogen) atoms. The molecule has 0 fully saturated rings. The van der Waals surface area contributed by atoms with Gasteiger partial charge in [0.15, 0.2) is 6.10 Å². The fourth-order valence-corrected chi connectivity index (χ4v) is 9.25. The van der Waals surface area contributed by atoms with Gasteiger partial charge in [-0.25, -0.2) is 0 Å². The van der Waals surface area contributed by atoms with E-state index >= 15 is 0 Å². The molecule has 0 aromatic heterocycles. The average molecular weight is 934 g/mol. The maximum Gasteiger partial charge on any atom is 0.306 e. The van der Waals surface area contributed by atoms with E-state index in [4.69, 9.17) is 14.2 Å². The maximum atomic E-state index is 12.9. The molecule has 392 valence electrons. The lowest BCUT2D eigenvalue weighted by molar-refractivity contribution is -0.167. The van der Waals surface area contributed by atoms with Crippen LogP contribution in [0.5, 0.6) is 0 Å². The first-order valence-electron chi connectivity index (χ1n) is 29.9. The van der Waals surface area contributed by atoms with E-state index in [0.717, 1.165) is 63.7 Å². The number of carbonyl (C=O) groups excluding carboxylic acids is 3. The molecule has 0 aromatic rings. The molecule has 0 aliphatic heterocycles. The van der Waals surface area contributed by atoms with Gasteiger partial charge in [0.2, 0.25) is 0 Å². The van der Waals surface area contributed by atoms with Crippen molar-refractivity contribution in [1.29, 1.82) is 0 Å². The van der Waals surface area contributed by atoms with Crippen LogP contribution in [0.4, 0.5) is 0 Å². The third kappa shape index (κ3) is 51.8. The largest absolute Gasteiger partial charge is 0.462 e. The molecule has 0 saturated carbocycles. The quantitative estimate of drug-likeness (QED) is 0.0343. The van der Waals surface area contributed by atoms with Crippen LogP contribution >= 0.6 is 0 Å². The zero-order valence-corrected chi connectivity index (χ0v) is 45.2. The molecule has 0 bridgehead atoms. The van der Waals surface area contributed by atoms with Gasteiger partial charge in [0.1, 0.15) is 13.2 Å². The van der Waals surface area contributed by atoms with Crippen molar-refractivity contribution in [2.24, 2.45) is 5.92 Å². The summed E-state index contributed by atoms with van der Waals surface area (Å²) in [6, 6.07) is 0. The number of esters is 3. The Bertz CT molecular complexity index is 998. The fraction of sp³-hybridized carbons (Fsp3) is 0.950. The van der Waals surface area contributed by atoms with Crippen molar-refractivity contribution in [3.63, 3.8) is 0 Å². The van der Waals surface area contributed by atoms with Crippen molar-refractivity contribution in [2.75, 3.05) is 13.2 Å². The number of carbonyl (C=O) groups is 3. The molecule has 6 heteroatoms. The molecule has 0 N–H and O–H groups in total. The van der Waals surface area contributed by atoms with Gasteiger partial charge < -0.3 is 14.2 Å². The first-order chi connectivity index (χ1) is 32.4. The third-order valence-corrected chi connectivity index (χ3v) is 14.2. The third-order valence-electron chi connectivity index (χ3n) is 14.2. The molecular weight excluding hydrogens is 817 g/mol. The molecule has 0 heterocycles. The van der Waals surface area contributed by atoms with Crippen molar-refractivity contribution >= 4 is 17.9 Å². The predicted molar refractivity (Wildman–Crippen MR) is 284 cm³/mol. The SMILES string of the molecule is CCCCCCCCCCCCCCCCCCCCC(=O)OC[C@@H](COC(=O)CCCCCCCCCCC(C)CC)OC(=O)CCCCCCCCCCCCCCCCCCCC. The second-order valence-electron chi connectivity index (χ2n) is 20.9. The summed E-state index contributed by atoms with van der Waals surface area (Å²) in [4.78, 5) is 38.2. The molecule has 0 saturated heterocycles. The average Bonchev–Trinajstić information content (AvgIpc) is 3.32. The highest BCUT2D eigenvalue weighted by Gasteiger charge is 2.19. The first-order valence-corrected chi connectivity index (χ1v) is 29.9. The summed E-state index contributed by atoms with van der Waals surface area (Å²) in [6.07, 6.45) is 59.5. The van der Waals surface area contributed by atoms with Gasteiger partial charge in [-0.05, 0) is 25.2 Å². The molecule has 0 rings (SSSR count). The Morgan fingerprint density at radius 3 is 0.788 bits per heavy atom. The number of unbranched alkanes of at least 4 members (excludes halogenated alkanes) is 41. The standard InChI is InChI=1S/C60H116O6/c1-5-8-10-12-14-16-18-20-22-24-26-28-30-32-34-39-43-47-51-58(61)64-54-57(55-65-59(62)52-48-44-40-37-36-38-42-46-50-56(4)7-3)66-60(63)53-49-45-41-35-33-31-29-27-25-23-21-19-17-15-13-11-9-6-2/h56-57H,5-55H2,1-4H3/t56?,57-/m0/s1. The minimum absolute atomic E-state index is 0.0621. The molecule has 2 atom stereocenters. The highest BCUT2D eigenvalue weighted by atomic mass is 16.6. The Balaban J connectivity index is 4.27. The molecule has 0 radical (unpaired) electrons. The van der Waals surface area contributed by atoms with Gasteiger partial charge in [-0.3, -0.25) is 14.4 Å². The fourth-order valence-electron chi connectivity index (χ4n) is 9.25. The molecule has 0 spiro atoms. The summed E-state index contributed by atoms with van der Waals surface area (Å²) in [6.45, 7) is 9.07. The van der Waals surface area contributed by atoms with Crippen LogP contribution in [0.25, 0.3) is 0 Å². The van der Waals surface area contributed by atoms with Crippen molar-refractivity contribution in [3.05, 3.63) is 0 Å². The zero-order valence-electron chi connectivity index (χ0n) is 45.2. The van der Waals surface area contributed by atoms with Crippen LogP contribution in [-0.4, -0.2) is 37.2 Å². The molecule has 0 aliphatic carbocycles. The minimum atomic E-state index is -0.762. The van der Waals surface area contributed by atoms with Crippen LogP contribution in [0.15, 0.2) is 0 Å². The Hall–Kier alpha value is -1.59. The van der Waals surface area contributed by atoms with E-state index < -0.39 is 6.10 Å². The second kappa shape index (κ2) is 54.4. The predicted octanol–water partition coefficient (Wildman–Crippen LogP) is 19.8. The summed E-state index contributed by atoms with van der Waals surface area (Å²) in [5.74, 6) is 0.0122. The van der Waals surface area contributed by atoms with Gasteiger partial charge >= 0.3 is 17.9 Å². The minimum Gasteiger partial charge on any atom is -0.462 e. The van der Waals surface area contributed by atoms with Crippen molar-refractivity contribution in [1.82, 2.24) is 0 Å². The van der Waals surface area contributed by atoms with Crippen molar-refractivity contribution < 1.29 is 28.6 Å². The number of ether oxygens (including phenoxy) is 3. The lowest BCUT2D eigenvalue weighted by Gasteiger charge is -2.18. The van der Waals surface area contributed by atoms with Crippen molar-refractivity contribution in [3.8, 4) is 0 Å². The zero-order chi connectivity index (χ0) is 48.1. The van der Waals surface area contributed by atoms with Gasteiger partial charge in [0.25, 0.3) is 0 Å². The van der Waals surface area contributed by atoms with E-state index in [2.05, 4.69) is 27.7 Å². The van der Waals surface area contributed by atoms with Gasteiger partial charge in [-0.1, -0.05) is 304 Å². The lowest BCUT2D eigenvalue weighted by atomic mass is 9.99. The van der Waals surface area contributed by atoms with E-state index in [1.807, 2.05) is 0 Å². The summed E-state index contributed by atoms with van der Waals surface area (Å²) >= 11 is 0. The number of rotatable bonds is 55. The molecule has 0 amide bonds. The van der Waals surface area contributed by atoms with Gasteiger partial charge in [0.05, 0.1) is 0 Å². The Morgan fingerprint density at radius 2 is 0.530 bits per heavy atom. The van der Waals surface area contributed by atoms with Crippen LogP contribution in [0.1, 0.15) is 342 Å². The highest BCUT2D eigenvalue weighted by molar-refractivity contribution is 5.71. The van der Waals surface area contributed by atoms with E-state index in [9.17, 15) is 14.4 Å². The smallest absolute Gasteiger partial charge is 0.306 e. The highest BCUT2D eigenvalue weighted by Crippen LogP contribution is 2.19. The van der Waals surface area contributed by atoms with Gasteiger partial charge in [0, 0.05) is 19.3 Å². The summed E-state index contributed by atoms with van der Waals surface area (Å²) < 4.78 is 16.9. The van der Waals surface area contributed by atoms with Crippen LogP contribution in [0.2, 0.25) is 0 Å². The monoisotopic (exact) mass is 933 g/mol. The number of hydrogen-bond donors (Lipinski definition) is 0. The molecule has 6 nitrogen and oxygen atoms in total. The molecular formula is C60H116O6. The topological polar surface area (TPSA) is 78.9 Å². The van der Waals surface area contributed by atoms with Crippen LogP contribution in [0.3, 0.4) is 0 Å². The molecule has 1 unspecified atom stereocenters. The van der Waals surface area contributed by atoms with Gasteiger partial charge in [-0.15, -0.1) is 0 Å².